The molecule has 162 valence electrons. The lowest BCUT2D eigenvalue weighted by Gasteiger charge is -2.09. The highest BCUT2D eigenvalue weighted by Crippen LogP contribution is 2.25. The van der Waals surface area contributed by atoms with E-state index in [4.69, 9.17) is 10.2 Å². The summed E-state index contributed by atoms with van der Waals surface area (Å²) in [6.45, 7) is 4.00. The molecule has 0 bridgehead atoms. The van der Waals surface area contributed by atoms with Crippen LogP contribution in [0.25, 0.3) is 10.9 Å². The van der Waals surface area contributed by atoms with E-state index in [1.165, 1.54) is 11.8 Å². The molecule has 0 saturated heterocycles. The summed E-state index contributed by atoms with van der Waals surface area (Å²) in [5, 5.41) is 12.5. The van der Waals surface area contributed by atoms with Crippen LogP contribution in [0.5, 0.6) is 0 Å². The Labute approximate surface area is 190 Å². The number of hydrogen-bond donors (Lipinski definition) is 3. The van der Waals surface area contributed by atoms with Crippen molar-refractivity contribution >= 4 is 46.7 Å². The van der Waals surface area contributed by atoms with E-state index < -0.39 is 6.04 Å². The van der Waals surface area contributed by atoms with Gasteiger partial charge in [-0.3, -0.25) is 4.79 Å². The van der Waals surface area contributed by atoms with E-state index >= 15 is 0 Å². The molecule has 1 atom stereocenters. The Morgan fingerprint density at radius 2 is 2.00 bits per heavy atom. The molecule has 9 heteroatoms. The third-order valence-electron chi connectivity index (χ3n) is 5.06. The van der Waals surface area contributed by atoms with E-state index in [1.54, 1.807) is 0 Å². The highest BCUT2D eigenvalue weighted by Gasteiger charge is 2.18. The summed E-state index contributed by atoms with van der Waals surface area (Å²) in [6.07, 6.45) is 2.53. The number of aryl methyl sites for hydroxylation is 1. The molecule has 31 heavy (non-hydrogen) atoms. The number of carbonyl (C=O) groups is 1. The van der Waals surface area contributed by atoms with E-state index in [1.807, 2.05) is 56.4 Å². The number of aromatic amines is 1. The first-order valence-corrected chi connectivity index (χ1v) is 10.6. The lowest BCUT2D eigenvalue weighted by atomic mass is 10.1. The predicted molar refractivity (Wildman–Crippen MR) is 126 cm³/mol. The molecule has 0 aliphatic heterocycles. The third kappa shape index (κ3) is 5.28. The number of nitrogens with two attached hydrogens (primary N) is 1. The van der Waals surface area contributed by atoms with Crippen molar-refractivity contribution in [1.82, 2.24) is 15.2 Å². The van der Waals surface area contributed by atoms with Crippen molar-refractivity contribution in [1.29, 1.82) is 0 Å². The molecule has 0 fully saturated rings. The molecule has 0 spiro atoms. The summed E-state index contributed by atoms with van der Waals surface area (Å²) < 4.78 is 5.68. The van der Waals surface area contributed by atoms with E-state index in [9.17, 15) is 4.79 Å². The SMILES string of the molecule is Cc1cccc(NC(=O)CSc2nnc([C@H](N)Cc3c[nH]c4ccccc34)o2)c1C.Cl. The number of H-pyrrole nitrogens is 1. The molecule has 4 N–H and O–H groups in total. The first kappa shape index (κ1) is 22.9. The number of hydrogen-bond acceptors (Lipinski definition) is 6. The van der Waals surface area contributed by atoms with Gasteiger partial charge in [0.05, 0.1) is 11.8 Å². The number of nitrogens with zero attached hydrogens (tertiary/aromatic N) is 2. The largest absolute Gasteiger partial charge is 0.414 e. The van der Waals surface area contributed by atoms with E-state index in [2.05, 4.69) is 26.6 Å². The molecular weight excluding hydrogens is 434 g/mol. The van der Waals surface area contributed by atoms with Crippen LogP contribution in [0.2, 0.25) is 0 Å². The molecule has 0 unspecified atom stereocenters. The fourth-order valence-corrected chi connectivity index (χ4v) is 3.82. The fraction of sp³-hybridized carbons (Fsp3) is 0.227. The van der Waals surface area contributed by atoms with Crippen molar-refractivity contribution in [2.24, 2.45) is 5.73 Å². The topological polar surface area (TPSA) is 110 Å². The summed E-state index contributed by atoms with van der Waals surface area (Å²) >= 11 is 1.19. The van der Waals surface area contributed by atoms with Crippen LogP contribution in [0, 0.1) is 13.8 Å². The smallest absolute Gasteiger partial charge is 0.277 e. The zero-order valence-corrected chi connectivity index (χ0v) is 18.8. The summed E-state index contributed by atoms with van der Waals surface area (Å²) in [6, 6.07) is 13.5. The van der Waals surface area contributed by atoms with Crippen LogP contribution in [0.4, 0.5) is 5.69 Å². The molecule has 4 aromatic rings. The Morgan fingerprint density at radius 1 is 1.19 bits per heavy atom. The Balaban J connectivity index is 0.00000272. The summed E-state index contributed by atoms with van der Waals surface area (Å²) in [5.41, 5.74) is 11.4. The molecule has 2 aromatic heterocycles. The first-order valence-electron chi connectivity index (χ1n) is 9.64. The molecule has 4 rings (SSSR count). The number of nitrogens with one attached hydrogen (secondary N) is 2. The minimum atomic E-state index is -0.421. The van der Waals surface area contributed by atoms with E-state index in [0.29, 0.717) is 17.5 Å². The van der Waals surface area contributed by atoms with Gasteiger partial charge in [0.1, 0.15) is 0 Å². The standard InChI is InChI=1S/C22H23N5O2S.ClH/c1-13-6-5-9-18(14(13)2)25-20(28)12-30-22-27-26-21(29-22)17(23)10-15-11-24-19-8-4-3-7-16(15)19;/h3-9,11,17,24H,10,12,23H2,1-2H3,(H,25,28);1H/t17-;/m1./s1. The van der Waals surface area contributed by atoms with Gasteiger partial charge in [-0.05, 0) is 49.1 Å². The summed E-state index contributed by atoms with van der Waals surface area (Å²) in [4.78, 5) is 15.5. The number of rotatable bonds is 7. The van der Waals surface area contributed by atoms with Crippen LogP contribution >= 0.6 is 24.2 Å². The van der Waals surface area contributed by atoms with Gasteiger partial charge < -0.3 is 20.5 Å². The summed E-state index contributed by atoms with van der Waals surface area (Å²) in [7, 11) is 0. The van der Waals surface area contributed by atoms with Crippen LogP contribution in [-0.2, 0) is 11.2 Å². The number of carbonyl (C=O) groups excluding carboxylic acids is 1. The van der Waals surface area contributed by atoms with Gasteiger partial charge in [-0.15, -0.1) is 22.6 Å². The number of amides is 1. The number of anilines is 1. The van der Waals surface area contributed by atoms with Crippen molar-refractivity contribution in [2.75, 3.05) is 11.1 Å². The number of para-hydroxylation sites is 1. The second-order valence-electron chi connectivity index (χ2n) is 7.16. The number of aromatic nitrogens is 3. The lowest BCUT2D eigenvalue weighted by Crippen LogP contribution is -2.15. The monoisotopic (exact) mass is 457 g/mol. The Bertz CT molecular complexity index is 1190. The minimum absolute atomic E-state index is 0. The predicted octanol–water partition coefficient (Wildman–Crippen LogP) is 4.56. The quantitative estimate of drug-likeness (QED) is 0.351. The van der Waals surface area contributed by atoms with Crippen LogP contribution < -0.4 is 11.1 Å². The number of halogens is 1. The molecular formula is C22H24ClN5O2S. The Hall–Kier alpha value is -2.81. The average molecular weight is 458 g/mol. The van der Waals surface area contributed by atoms with Crippen molar-refractivity contribution in [2.45, 2.75) is 31.5 Å². The maximum atomic E-state index is 12.3. The van der Waals surface area contributed by atoms with Crippen molar-refractivity contribution in [3.05, 3.63) is 71.2 Å². The van der Waals surface area contributed by atoms with Crippen LogP contribution in [0.3, 0.4) is 0 Å². The Morgan fingerprint density at radius 3 is 2.84 bits per heavy atom. The van der Waals surface area contributed by atoms with Gasteiger partial charge in [-0.1, -0.05) is 42.1 Å². The second kappa shape index (κ2) is 10.00. The summed E-state index contributed by atoms with van der Waals surface area (Å²) in [5.74, 6) is 0.404. The maximum Gasteiger partial charge on any atom is 0.277 e. The normalized spacial score (nSPS) is 11.8. The number of fused-ring (bicyclic) bond motifs is 1. The van der Waals surface area contributed by atoms with Crippen LogP contribution in [0.1, 0.15) is 28.6 Å². The molecule has 0 saturated carbocycles. The zero-order valence-electron chi connectivity index (χ0n) is 17.2. The first-order chi connectivity index (χ1) is 14.5. The van der Waals surface area contributed by atoms with Gasteiger partial charge in [0.25, 0.3) is 5.22 Å². The van der Waals surface area contributed by atoms with Gasteiger partial charge in [0.2, 0.25) is 11.8 Å². The zero-order chi connectivity index (χ0) is 21.1. The number of benzene rings is 2. The molecule has 0 aliphatic rings. The molecule has 7 nitrogen and oxygen atoms in total. The molecule has 1 amide bonds. The van der Waals surface area contributed by atoms with Crippen LogP contribution in [-0.4, -0.2) is 26.8 Å². The Kier molecular flexibility index (Phi) is 7.37. The maximum absolute atomic E-state index is 12.3. The minimum Gasteiger partial charge on any atom is -0.414 e. The van der Waals surface area contributed by atoms with E-state index in [-0.39, 0.29) is 24.1 Å². The van der Waals surface area contributed by atoms with Gasteiger partial charge in [-0.25, -0.2) is 0 Å². The van der Waals surface area contributed by atoms with Gasteiger partial charge in [-0.2, -0.15) is 0 Å². The van der Waals surface area contributed by atoms with Crippen LogP contribution in [0.15, 0.2) is 58.3 Å². The highest BCUT2D eigenvalue weighted by atomic mass is 35.5. The van der Waals surface area contributed by atoms with Crippen molar-refractivity contribution < 1.29 is 9.21 Å². The lowest BCUT2D eigenvalue weighted by molar-refractivity contribution is -0.113. The van der Waals surface area contributed by atoms with Gasteiger partial charge >= 0.3 is 0 Å². The van der Waals surface area contributed by atoms with Gasteiger partial charge in [0, 0.05) is 22.8 Å². The average Bonchev–Trinajstić information content (AvgIpc) is 3.38. The van der Waals surface area contributed by atoms with Gasteiger partial charge in [0.15, 0.2) is 0 Å². The number of thioether (sulfide) groups is 1. The second-order valence-corrected chi connectivity index (χ2v) is 8.09. The molecule has 0 aliphatic carbocycles. The van der Waals surface area contributed by atoms with Crippen molar-refractivity contribution in [3.8, 4) is 0 Å². The highest BCUT2D eigenvalue weighted by molar-refractivity contribution is 7.99. The molecule has 2 aromatic carbocycles. The third-order valence-corrected chi connectivity index (χ3v) is 5.88. The molecule has 2 heterocycles. The van der Waals surface area contributed by atoms with Crippen molar-refractivity contribution in [3.63, 3.8) is 0 Å². The molecule has 0 radical (unpaired) electrons. The fourth-order valence-electron chi connectivity index (χ4n) is 3.25. The van der Waals surface area contributed by atoms with E-state index in [0.717, 1.165) is 33.3 Å².